The second-order valence-corrected chi connectivity index (χ2v) is 10.1. The first-order valence-electron chi connectivity index (χ1n) is 8.88. The van der Waals surface area contributed by atoms with Gasteiger partial charge in [-0.15, -0.1) is 23.2 Å². The fraction of sp³-hybridized carbons (Fsp3) is 0.136. The Kier molecular flexibility index (Phi) is 6.20. The number of carbonyl (C=O) groups is 1. The van der Waals surface area contributed by atoms with E-state index < -0.39 is 16.2 Å². The lowest BCUT2D eigenvalue weighted by molar-refractivity contribution is -0.119. The van der Waals surface area contributed by atoms with Crippen LogP contribution in [0, 0.1) is 5.92 Å². The van der Waals surface area contributed by atoms with E-state index >= 15 is 0 Å². The van der Waals surface area contributed by atoms with E-state index in [4.69, 9.17) is 69.6 Å². The quantitative estimate of drug-likeness (QED) is 0.316. The summed E-state index contributed by atoms with van der Waals surface area (Å²) >= 11 is 37.9. The summed E-state index contributed by atoms with van der Waals surface area (Å²) in [7, 11) is 0. The summed E-state index contributed by atoms with van der Waals surface area (Å²) in [5, 5.41) is 1.85. The van der Waals surface area contributed by atoms with Gasteiger partial charge in [-0.3, -0.25) is 9.69 Å². The van der Waals surface area contributed by atoms with Crippen molar-refractivity contribution in [3.8, 4) is 0 Å². The molecule has 4 rings (SSSR count). The number of rotatable bonds is 4. The number of hydrogen-bond acceptors (Lipinski definition) is 1. The highest BCUT2D eigenvalue weighted by atomic mass is 35.5. The topological polar surface area (TPSA) is 20.3 Å². The highest BCUT2D eigenvalue weighted by molar-refractivity contribution is 6.54. The van der Waals surface area contributed by atoms with Crippen LogP contribution in [0.2, 0.25) is 20.1 Å². The Morgan fingerprint density at radius 3 is 2.00 bits per heavy atom. The van der Waals surface area contributed by atoms with E-state index in [1.165, 1.54) is 4.90 Å². The van der Waals surface area contributed by atoms with Gasteiger partial charge in [-0.05, 0) is 60.2 Å². The molecule has 0 radical (unpaired) electrons. The Labute approximate surface area is 204 Å². The highest BCUT2D eigenvalue weighted by Gasteiger charge is 2.68. The minimum atomic E-state index is -1.31. The van der Waals surface area contributed by atoms with Gasteiger partial charge in [0.15, 0.2) is 0 Å². The zero-order valence-electron chi connectivity index (χ0n) is 15.1. The van der Waals surface area contributed by atoms with E-state index in [-0.39, 0.29) is 5.91 Å². The summed E-state index contributed by atoms with van der Waals surface area (Å²) < 4.78 is -1.31. The third-order valence-corrected chi connectivity index (χ3v) is 6.91. The van der Waals surface area contributed by atoms with Gasteiger partial charge in [-0.25, -0.2) is 0 Å². The van der Waals surface area contributed by atoms with Crippen molar-refractivity contribution in [1.82, 2.24) is 0 Å². The van der Waals surface area contributed by atoms with Crippen molar-refractivity contribution >= 4 is 86.9 Å². The number of benzene rings is 3. The van der Waals surface area contributed by atoms with Gasteiger partial charge in [-0.2, -0.15) is 0 Å². The summed E-state index contributed by atoms with van der Waals surface area (Å²) in [4.78, 5) is 15.2. The molecule has 30 heavy (non-hydrogen) atoms. The Bertz CT molecular complexity index is 1090. The number of para-hydroxylation sites is 1. The van der Waals surface area contributed by atoms with Crippen molar-refractivity contribution in [1.29, 1.82) is 0 Å². The highest BCUT2D eigenvalue weighted by Crippen LogP contribution is 2.66. The van der Waals surface area contributed by atoms with Crippen LogP contribution in [0.25, 0.3) is 0 Å². The molecule has 0 N–H and O–H groups in total. The average molecular weight is 520 g/mol. The molecule has 0 unspecified atom stereocenters. The lowest BCUT2D eigenvalue weighted by atomic mass is 10.1. The van der Waals surface area contributed by atoms with Crippen molar-refractivity contribution in [2.45, 2.75) is 10.3 Å². The molecule has 0 aliphatic heterocycles. The minimum Gasteiger partial charge on any atom is -0.279 e. The van der Waals surface area contributed by atoms with Crippen molar-refractivity contribution in [2.75, 3.05) is 4.90 Å². The molecule has 1 aliphatic carbocycles. The molecular formula is C22H13Cl6NO. The third-order valence-electron chi connectivity index (χ3n) is 4.96. The standard InChI is InChI=1S/C22H13Cl6NO/c23-13-5-7-16(8-6-13)29(18-4-2-1-3-17(18)26)21(30)20-19(22(20,27)28)12-9-14(24)11-15(25)10-12/h1-11,19-20H/t19-,20+/m0/s1. The number of nitrogens with zero attached hydrogens (tertiary/aromatic N) is 1. The second-order valence-electron chi connectivity index (χ2n) is 6.93. The first-order valence-corrected chi connectivity index (χ1v) is 11.1. The SMILES string of the molecule is O=C([C@H]1[C@H](c2cc(Cl)cc(Cl)c2)C1(Cl)Cl)N(c1ccc(Cl)cc1)c1ccccc1Cl. The predicted molar refractivity (Wildman–Crippen MR) is 127 cm³/mol. The summed E-state index contributed by atoms with van der Waals surface area (Å²) in [6.07, 6.45) is 0. The normalized spacial score (nSPS) is 19.4. The fourth-order valence-electron chi connectivity index (χ4n) is 3.55. The predicted octanol–water partition coefficient (Wildman–Crippen LogP) is 8.55. The van der Waals surface area contributed by atoms with Crippen LogP contribution >= 0.6 is 69.6 Å². The Balaban J connectivity index is 1.77. The van der Waals surface area contributed by atoms with Crippen molar-refractivity contribution < 1.29 is 4.79 Å². The molecule has 2 atom stereocenters. The van der Waals surface area contributed by atoms with Gasteiger partial charge in [0.25, 0.3) is 0 Å². The Hall–Kier alpha value is -1.13. The van der Waals surface area contributed by atoms with Crippen molar-refractivity contribution in [3.05, 3.63) is 92.4 Å². The molecule has 0 aromatic heterocycles. The third kappa shape index (κ3) is 4.14. The molecule has 1 amide bonds. The average Bonchev–Trinajstić information content (AvgIpc) is 3.26. The zero-order valence-corrected chi connectivity index (χ0v) is 19.7. The van der Waals surface area contributed by atoms with Gasteiger partial charge in [-0.1, -0.05) is 58.5 Å². The van der Waals surface area contributed by atoms with Crippen LogP contribution in [0.4, 0.5) is 11.4 Å². The maximum Gasteiger partial charge on any atom is 0.238 e. The number of alkyl halides is 2. The molecule has 1 aliphatic rings. The molecule has 3 aromatic rings. The summed E-state index contributed by atoms with van der Waals surface area (Å²) in [5.41, 5.74) is 1.81. The Morgan fingerprint density at radius 2 is 1.40 bits per heavy atom. The van der Waals surface area contributed by atoms with Crippen LogP contribution in [0.15, 0.2) is 66.7 Å². The molecule has 3 aromatic carbocycles. The van der Waals surface area contributed by atoms with Crippen LogP contribution in [0.1, 0.15) is 11.5 Å². The molecule has 1 fully saturated rings. The zero-order chi connectivity index (χ0) is 21.6. The number of halogens is 6. The summed E-state index contributed by atoms with van der Waals surface area (Å²) in [6.45, 7) is 0. The van der Waals surface area contributed by atoms with Crippen LogP contribution in [0.5, 0.6) is 0 Å². The van der Waals surface area contributed by atoms with E-state index in [2.05, 4.69) is 0 Å². The molecule has 8 heteroatoms. The molecule has 2 nitrogen and oxygen atoms in total. The monoisotopic (exact) mass is 517 g/mol. The molecule has 0 bridgehead atoms. The van der Waals surface area contributed by atoms with Crippen LogP contribution < -0.4 is 4.90 Å². The lowest BCUT2D eigenvalue weighted by Gasteiger charge is -2.24. The summed E-state index contributed by atoms with van der Waals surface area (Å²) in [5.74, 6) is -1.49. The van der Waals surface area contributed by atoms with E-state index in [1.54, 1.807) is 66.7 Å². The Morgan fingerprint density at radius 1 is 0.800 bits per heavy atom. The minimum absolute atomic E-state index is 0.295. The number of carbonyl (C=O) groups excluding carboxylic acids is 1. The fourth-order valence-corrected chi connectivity index (χ4v) is 5.26. The van der Waals surface area contributed by atoms with Gasteiger partial charge >= 0.3 is 0 Å². The van der Waals surface area contributed by atoms with Gasteiger partial charge in [0, 0.05) is 26.7 Å². The molecule has 0 spiro atoms. The summed E-state index contributed by atoms with van der Waals surface area (Å²) in [6, 6.07) is 19.0. The van der Waals surface area contributed by atoms with Gasteiger partial charge in [0.2, 0.25) is 5.91 Å². The largest absolute Gasteiger partial charge is 0.279 e. The smallest absolute Gasteiger partial charge is 0.238 e. The van der Waals surface area contributed by atoms with Gasteiger partial charge in [0.1, 0.15) is 4.33 Å². The molecule has 1 saturated carbocycles. The van der Waals surface area contributed by atoms with Crippen molar-refractivity contribution in [3.63, 3.8) is 0 Å². The maximum absolute atomic E-state index is 13.7. The molecule has 0 saturated heterocycles. The maximum atomic E-state index is 13.7. The van der Waals surface area contributed by atoms with Crippen LogP contribution in [-0.4, -0.2) is 10.2 Å². The van der Waals surface area contributed by atoms with E-state index in [1.807, 2.05) is 0 Å². The number of anilines is 2. The van der Waals surface area contributed by atoms with Gasteiger partial charge in [0.05, 0.1) is 16.6 Å². The lowest BCUT2D eigenvalue weighted by Crippen LogP contribution is -2.29. The van der Waals surface area contributed by atoms with Crippen molar-refractivity contribution in [2.24, 2.45) is 5.92 Å². The molecule has 154 valence electrons. The first-order chi connectivity index (χ1) is 14.2. The second kappa shape index (κ2) is 8.43. The first kappa shape index (κ1) is 22.1. The van der Waals surface area contributed by atoms with Gasteiger partial charge < -0.3 is 0 Å². The number of hydrogen-bond donors (Lipinski definition) is 0. The van der Waals surface area contributed by atoms with E-state index in [9.17, 15) is 4.79 Å². The number of amides is 1. The van der Waals surface area contributed by atoms with Crippen LogP contribution in [0.3, 0.4) is 0 Å². The molecule has 0 heterocycles. The van der Waals surface area contributed by atoms with E-state index in [0.717, 1.165) is 0 Å². The molecular weight excluding hydrogens is 507 g/mol. The van der Waals surface area contributed by atoms with Crippen LogP contribution in [-0.2, 0) is 4.79 Å². The van der Waals surface area contributed by atoms with E-state index in [0.29, 0.717) is 37.0 Å².